The molecule has 4 aromatic rings. The predicted molar refractivity (Wildman–Crippen MR) is 101 cm³/mol. The van der Waals surface area contributed by atoms with Crippen molar-refractivity contribution >= 4 is 32.7 Å². The second kappa shape index (κ2) is 5.76. The van der Waals surface area contributed by atoms with E-state index in [0.717, 1.165) is 38.9 Å². The van der Waals surface area contributed by atoms with Crippen LogP contribution >= 0.6 is 11.3 Å². The van der Waals surface area contributed by atoms with Crippen LogP contribution < -0.4 is 0 Å². The minimum Gasteiger partial charge on any atom is -0.273 e. The quantitative estimate of drug-likeness (QED) is 0.509. The normalized spacial score (nSPS) is 20.3. The van der Waals surface area contributed by atoms with Crippen LogP contribution in [0.25, 0.3) is 32.6 Å². The summed E-state index contributed by atoms with van der Waals surface area (Å²) in [7, 11) is 1.87. The van der Waals surface area contributed by atoms with E-state index in [1.165, 1.54) is 11.3 Å². The van der Waals surface area contributed by atoms with Gasteiger partial charge in [-0.25, -0.2) is 23.7 Å². The van der Waals surface area contributed by atoms with Gasteiger partial charge >= 0.3 is 0 Å². The van der Waals surface area contributed by atoms with Crippen molar-refractivity contribution in [1.82, 2.24) is 24.7 Å². The van der Waals surface area contributed by atoms with Crippen LogP contribution in [0.15, 0.2) is 30.6 Å². The van der Waals surface area contributed by atoms with Crippen LogP contribution in [0.4, 0.5) is 8.78 Å². The molecule has 0 atom stereocenters. The van der Waals surface area contributed by atoms with Crippen molar-refractivity contribution in [2.45, 2.75) is 31.6 Å². The van der Waals surface area contributed by atoms with Crippen LogP contribution in [-0.4, -0.2) is 30.7 Å². The Labute approximate surface area is 158 Å². The van der Waals surface area contributed by atoms with Crippen LogP contribution in [0.3, 0.4) is 0 Å². The molecule has 4 aromatic heterocycles. The van der Waals surface area contributed by atoms with Gasteiger partial charge in [-0.2, -0.15) is 5.10 Å². The molecule has 5 nitrogen and oxygen atoms in total. The van der Waals surface area contributed by atoms with Crippen molar-refractivity contribution in [3.63, 3.8) is 0 Å². The van der Waals surface area contributed by atoms with Gasteiger partial charge in [-0.3, -0.25) is 4.68 Å². The summed E-state index contributed by atoms with van der Waals surface area (Å²) in [5.41, 5.74) is 3.26. The summed E-state index contributed by atoms with van der Waals surface area (Å²) in [6.45, 7) is 1.01. The van der Waals surface area contributed by atoms with Crippen molar-refractivity contribution in [2.24, 2.45) is 13.0 Å². The third kappa shape index (κ3) is 2.88. The number of nitrogens with zero attached hydrogens (tertiary/aromatic N) is 5. The van der Waals surface area contributed by atoms with Gasteiger partial charge in [0.25, 0.3) is 0 Å². The first-order valence-electron chi connectivity index (χ1n) is 8.82. The van der Waals surface area contributed by atoms with Crippen molar-refractivity contribution in [2.75, 3.05) is 0 Å². The third-order valence-electron chi connectivity index (χ3n) is 5.25. The molecule has 27 heavy (non-hydrogen) atoms. The maximum atomic E-state index is 13.4. The zero-order valence-corrected chi connectivity index (χ0v) is 15.7. The van der Waals surface area contributed by atoms with Gasteiger partial charge in [-0.15, -0.1) is 0 Å². The maximum absolute atomic E-state index is 13.4. The van der Waals surface area contributed by atoms with E-state index in [1.54, 1.807) is 10.9 Å². The smallest absolute Gasteiger partial charge is 0.248 e. The fraction of sp³-hybridized carbons (Fsp3) is 0.368. The number of aryl methyl sites for hydroxylation is 1. The average molecular weight is 385 g/mol. The Kier molecular flexibility index (Phi) is 3.56. The first kappa shape index (κ1) is 16.7. The number of alkyl halides is 2. The van der Waals surface area contributed by atoms with Crippen LogP contribution in [0.2, 0.25) is 0 Å². The van der Waals surface area contributed by atoms with Gasteiger partial charge in [0.05, 0.1) is 10.7 Å². The zero-order valence-electron chi connectivity index (χ0n) is 14.9. The Morgan fingerprint density at radius 3 is 2.81 bits per heavy atom. The Bertz CT molecular complexity index is 1150. The lowest BCUT2D eigenvalue weighted by Crippen LogP contribution is -2.35. The molecule has 0 aromatic carbocycles. The van der Waals surface area contributed by atoms with Crippen LogP contribution in [-0.2, 0) is 7.05 Å². The van der Waals surface area contributed by atoms with Gasteiger partial charge in [0, 0.05) is 42.2 Å². The second-order valence-electron chi connectivity index (χ2n) is 7.33. The number of pyridine rings is 2. The highest BCUT2D eigenvalue weighted by molar-refractivity contribution is 7.18. The molecule has 0 radical (unpaired) electrons. The molecular formula is C19H17F2N5S. The highest BCUT2D eigenvalue weighted by atomic mass is 32.1. The van der Waals surface area contributed by atoms with Crippen LogP contribution in [0.1, 0.15) is 30.7 Å². The van der Waals surface area contributed by atoms with E-state index >= 15 is 0 Å². The molecule has 0 amide bonds. The van der Waals surface area contributed by atoms with E-state index in [4.69, 9.17) is 4.98 Å². The predicted octanol–water partition coefficient (Wildman–Crippen LogP) is 4.79. The van der Waals surface area contributed by atoms with Crippen LogP contribution in [0, 0.1) is 5.92 Å². The zero-order chi connectivity index (χ0) is 18.8. The topological polar surface area (TPSA) is 56.5 Å². The summed E-state index contributed by atoms with van der Waals surface area (Å²) in [5.74, 6) is -3.01. The number of fused-ring (bicyclic) bond motifs is 2. The van der Waals surface area contributed by atoms with Gasteiger partial charge in [0.2, 0.25) is 5.92 Å². The van der Waals surface area contributed by atoms with Gasteiger partial charge < -0.3 is 0 Å². The Hall–Kier alpha value is -2.48. The summed E-state index contributed by atoms with van der Waals surface area (Å²) in [5, 5.41) is 6.16. The largest absolute Gasteiger partial charge is 0.273 e. The molecule has 8 heteroatoms. The average Bonchev–Trinajstić information content (AvgIpc) is 3.12. The molecule has 1 fully saturated rings. The van der Waals surface area contributed by atoms with Gasteiger partial charge in [0.15, 0.2) is 5.65 Å². The molecule has 1 aliphatic rings. The number of halogens is 2. The van der Waals surface area contributed by atoms with E-state index in [-0.39, 0.29) is 5.92 Å². The Morgan fingerprint density at radius 1 is 1.22 bits per heavy atom. The van der Waals surface area contributed by atoms with Gasteiger partial charge in [-0.1, -0.05) is 11.3 Å². The van der Waals surface area contributed by atoms with Crippen molar-refractivity contribution in [3.8, 4) is 11.3 Å². The summed E-state index contributed by atoms with van der Waals surface area (Å²) in [6, 6.07) is 5.88. The fourth-order valence-electron chi connectivity index (χ4n) is 3.58. The molecule has 1 saturated carbocycles. The minimum absolute atomic E-state index is 0.122. The number of hydrogen-bond acceptors (Lipinski definition) is 5. The lowest BCUT2D eigenvalue weighted by Gasteiger charge is -2.37. The highest BCUT2D eigenvalue weighted by Gasteiger charge is 2.45. The fourth-order valence-corrected chi connectivity index (χ4v) is 4.64. The number of rotatable bonds is 3. The molecule has 0 N–H and O–H groups in total. The molecule has 0 spiro atoms. The lowest BCUT2D eigenvalue weighted by atomic mass is 9.72. The number of aromatic nitrogens is 5. The Balaban J connectivity index is 1.45. The lowest BCUT2D eigenvalue weighted by molar-refractivity contribution is -0.0774. The third-order valence-corrected chi connectivity index (χ3v) is 6.37. The first-order valence-corrected chi connectivity index (χ1v) is 9.63. The molecule has 5 rings (SSSR count). The summed E-state index contributed by atoms with van der Waals surface area (Å²) >= 11 is 1.51. The van der Waals surface area contributed by atoms with Crippen molar-refractivity contribution in [3.05, 3.63) is 35.6 Å². The summed E-state index contributed by atoms with van der Waals surface area (Å²) < 4.78 is 28.5. The molecule has 0 aliphatic heterocycles. The van der Waals surface area contributed by atoms with E-state index < -0.39 is 11.8 Å². The maximum Gasteiger partial charge on any atom is 0.248 e. The molecule has 0 bridgehead atoms. The monoisotopic (exact) mass is 385 g/mol. The second-order valence-corrected chi connectivity index (χ2v) is 8.34. The summed E-state index contributed by atoms with van der Waals surface area (Å²) in [6.07, 6.45) is 4.69. The van der Waals surface area contributed by atoms with Gasteiger partial charge in [0.1, 0.15) is 10.3 Å². The Morgan fingerprint density at radius 2 is 2.04 bits per heavy atom. The first-order chi connectivity index (χ1) is 12.9. The standard InChI is InChI=1S/C19H17F2N5S/c1-19(20,21)13-6-10(7-13)17-24-15-4-3-14(23-18(15)27-17)11-5-12-9-26(2)25-16(12)22-8-11/h3-5,8-10,13H,6-7H2,1-2H3. The number of hydrogen-bond donors (Lipinski definition) is 0. The molecule has 0 unspecified atom stereocenters. The van der Waals surface area contributed by atoms with E-state index in [2.05, 4.69) is 15.1 Å². The number of thiazole rings is 1. The summed E-state index contributed by atoms with van der Waals surface area (Å²) in [4.78, 5) is 14.6. The molecular weight excluding hydrogens is 368 g/mol. The molecule has 138 valence electrons. The minimum atomic E-state index is -2.60. The molecule has 1 aliphatic carbocycles. The van der Waals surface area contributed by atoms with Crippen LogP contribution in [0.5, 0.6) is 0 Å². The van der Waals surface area contributed by atoms with E-state index in [9.17, 15) is 8.78 Å². The van der Waals surface area contributed by atoms with Gasteiger partial charge in [-0.05, 0) is 38.0 Å². The van der Waals surface area contributed by atoms with E-state index in [1.807, 2.05) is 31.4 Å². The molecule has 0 saturated heterocycles. The van der Waals surface area contributed by atoms with E-state index in [0.29, 0.717) is 18.5 Å². The highest BCUT2D eigenvalue weighted by Crippen LogP contribution is 2.49. The SMILES string of the molecule is Cn1cc2cc(-c3ccc4nc(C5CC(C(C)(F)F)C5)sc4n3)cnc2n1. The molecule has 4 heterocycles. The van der Waals surface area contributed by atoms with Crippen molar-refractivity contribution in [1.29, 1.82) is 0 Å². The van der Waals surface area contributed by atoms with Crippen molar-refractivity contribution < 1.29 is 8.78 Å².